The molecule has 0 spiro atoms. The zero-order valence-electron chi connectivity index (χ0n) is 18.4. The zero-order chi connectivity index (χ0) is 25.7. The first kappa shape index (κ1) is 26.4. The number of carbonyl (C=O) groups excluding carboxylic acids is 2. The predicted octanol–water partition coefficient (Wildman–Crippen LogP) is 4.24. The summed E-state index contributed by atoms with van der Waals surface area (Å²) in [4.78, 5) is 32.0. The molecule has 0 saturated heterocycles. The van der Waals surface area contributed by atoms with Crippen LogP contribution >= 0.6 is 46.1 Å². The van der Waals surface area contributed by atoms with Crippen LogP contribution in [0.3, 0.4) is 0 Å². The maximum absolute atomic E-state index is 13.1. The number of hydrazone groups is 1. The van der Waals surface area contributed by atoms with Crippen LogP contribution in [0.1, 0.15) is 25.6 Å². The third-order valence-corrected chi connectivity index (χ3v) is 6.69. The normalized spacial score (nSPS) is 11.2. The number of rotatable bonds is 7. The molecule has 10 nitrogen and oxygen atoms in total. The van der Waals surface area contributed by atoms with E-state index in [2.05, 4.69) is 20.7 Å². The number of nitrogens with one attached hydrogen (secondary N) is 2. The van der Waals surface area contributed by atoms with Crippen molar-refractivity contribution in [3.63, 3.8) is 0 Å². The average Bonchev–Trinajstić information content (AvgIpc) is 3.20. The van der Waals surface area contributed by atoms with Gasteiger partial charge in [0.1, 0.15) is 16.4 Å². The Morgan fingerprint density at radius 3 is 2.54 bits per heavy atom. The number of nitrogens with two attached hydrogens (primary N) is 2. The van der Waals surface area contributed by atoms with Gasteiger partial charge in [0.15, 0.2) is 0 Å². The van der Waals surface area contributed by atoms with E-state index in [1.54, 1.807) is 23.4 Å². The molecule has 0 aliphatic heterocycles. The lowest BCUT2D eigenvalue weighted by molar-refractivity contribution is 0.102. The van der Waals surface area contributed by atoms with Crippen LogP contribution in [-0.2, 0) is 6.54 Å². The Morgan fingerprint density at radius 2 is 1.91 bits per heavy atom. The van der Waals surface area contributed by atoms with Crippen LogP contribution in [-0.4, -0.2) is 41.8 Å². The number of hydrogen-bond donors (Lipinski definition) is 4. The smallest absolute Gasteiger partial charge is 0.267 e. The lowest BCUT2D eigenvalue weighted by atomic mass is 10.1. The minimum absolute atomic E-state index is 0.0546. The first-order chi connectivity index (χ1) is 16.6. The summed E-state index contributed by atoms with van der Waals surface area (Å²) in [5, 5.41) is 11.4. The van der Waals surface area contributed by atoms with E-state index in [4.69, 9.17) is 51.1 Å². The molecule has 3 rings (SSSR count). The van der Waals surface area contributed by atoms with Crippen LogP contribution in [0.15, 0.2) is 40.9 Å². The summed E-state index contributed by atoms with van der Waals surface area (Å²) in [6, 6.07) is 5.98. The highest BCUT2D eigenvalue weighted by Gasteiger charge is 2.24. The Labute approximate surface area is 219 Å². The number of halogens is 3. The van der Waals surface area contributed by atoms with Gasteiger partial charge in [-0.1, -0.05) is 34.8 Å². The second-order valence-electron chi connectivity index (χ2n) is 7.05. The molecule has 0 atom stereocenters. The van der Waals surface area contributed by atoms with Crippen LogP contribution in [0.5, 0.6) is 5.75 Å². The maximum atomic E-state index is 13.1. The summed E-state index contributed by atoms with van der Waals surface area (Å²) in [6.07, 6.45) is 1.39. The molecular formula is C21H20Cl3N7O3S. The lowest BCUT2D eigenvalue weighted by Gasteiger charge is -2.17. The number of aromatic nitrogens is 1. The number of thiophene rings is 1. The molecule has 184 valence electrons. The van der Waals surface area contributed by atoms with Crippen LogP contribution in [0.2, 0.25) is 15.1 Å². The monoisotopic (exact) mass is 555 g/mol. The quantitative estimate of drug-likeness (QED) is 0.147. The third kappa shape index (κ3) is 6.25. The van der Waals surface area contributed by atoms with E-state index < -0.39 is 11.8 Å². The number of ether oxygens (including phenoxy) is 1. The molecule has 2 aromatic heterocycles. The minimum atomic E-state index is -0.577. The highest BCUT2D eigenvalue weighted by molar-refractivity contribution is 7.13. The van der Waals surface area contributed by atoms with Gasteiger partial charge in [-0.05, 0) is 23.6 Å². The Bertz CT molecular complexity index is 1280. The summed E-state index contributed by atoms with van der Waals surface area (Å²) in [7, 11) is 3.07. The Hall–Kier alpha value is -3.25. The predicted molar refractivity (Wildman–Crippen MR) is 140 cm³/mol. The van der Waals surface area contributed by atoms with Gasteiger partial charge >= 0.3 is 0 Å². The van der Waals surface area contributed by atoms with E-state index in [0.717, 1.165) is 11.3 Å². The van der Waals surface area contributed by atoms with Gasteiger partial charge in [0.2, 0.25) is 5.96 Å². The molecule has 0 bridgehead atoms. The number of pyridine rings is 1. The SMILES string of the molecule is COc1cc(Cl)cc(C(=O)Nc2ccc(Cl)cn2)c1NC(=O)c1scc(CN(C)C(N)=NN)c1Cl. The van der Waals surface area contributed by atoms with Gasteiger partial charge < -0.3 is 31.8 Å². The Balaban J connectivity index is 1.90. The number of guanidine groups is 1. The molecular weight excluding hydrogens is 537 g/mol. The average molecular weight is 557 g/mol. The third-order valence-electron chi connectivity index (χ3n) is 4.68. The van der Waals surface area contributed by atoms with Gasteiger partial charge in [-0.25, -0.2) is 4.98 Å². The van der Waals surface area contributed by atoms with Crippen LogP contribution < -0.4 is 26.9 Å². The van der Waals surface area contributed by atoms with Crippen molar-refractivity contribution in [3.05, 3.63) is 66.9 Å². The highest BCUT2D eigenvalue weighted by Crippen LogP contribution is 2.35. The zero-order valence-corrected chi connectivity index (χ0v) is 21.5. The van der Waals surface area contributed by atoms with E-state index in [1.807, 2.05) is 0 Å². The van der Waals surface area contributed by atoms with Crippen molar-refractivity contribution >= 4 is 75.4 Å². The van der Waals surface area contributed by atoms with Crippen molar-refractivity contribution in [3.8, 4) is 5.75 Å². The molecule has 0 saturated carbocycles. The van der Waals surface area contributed by atoms with Gasteiger partial charge in [0, 0.05) is 36.4 Å². The van der Waals surface area contributed by atoms with Crippen molar-refractivity contribution in [2.45, 2.75) is 6.54 Å². The van der Waals surface area contributed by atoms with E-state index >= 15 is 0 Å². The van der Waals surface area contributed by atoms with Gasteiger partial charge in [-0.2, -0.15) is 0 Å². The number of hydrogen-bond acceptors (Lipinski definition) is 7. The van der Waals surface area contributed by atoms with E-state index in [1.165, 1.54) is 31.5 Å². The van der Waals surface area contributed by atoms with Crippen molar-refractivity contribution in [1.82, 2.24) is 9.88 Å². The minimum Gasteiger partial charge on any atom is -0.494 e. The van der Waals surface area contributed by atoms with Crippen LogP contribution in [0.4, 0.5) is 11.5 Å². The molecule has 14 heteroatoms. The van der Waals surface area contributed by atoms with E-state index in [0.29, 0.717) is 10.6 Å². The summed E-state index contributed by atoms with van der Waals surface area (Å²) >= 11 is 19.6. The first-order valence-corrected chi connectivity index (χ1v) is 11.8. The molecule has 0 aliphatic carbocycles. The Morgan fingerprint density at radius 1 is 1.17 bits per heavy atom. The van der Waals surface area contributed by atoms with Crippen molar-refractivity contribution in [2.75, 3.05) is 24.8 Å². The molecule has 0 aliphatic rings. The summed E-state index contributed by atoms with van der Waals surface area (Å²) in [5.74, 6) is 4.62. The molecule has 2 heterocycles. The fourth-order valence-electron chi connectivity index (χ4n) is 2.93. The van der Waals surface area contributed by atoms with Crippen LogP contribution in [0, 0.1) is 0 Å². The summed E-state index contributed by atoms with van der Waals surface area (Å²) in [6.45, 7) is 0.279. The Kier molecular flexibility index (Phi) is 8.62. The fraction of sp³-hybridized carbons (Fsp3) is 0.143. The highest BCUT2D eigenvalue weighted by atomic mass is 35.5. The molecule has 0 unspecified atom stereocenters. The van der Waals surface area contributed by atoms with Gasteiger partial charge in [-0.15, -0.1) is 16.4 Å². The molecule has 2 amide bonds. The van der Waals surface area contributed by atoms with Crippen molar-refractivity contribution in [2.24, 2.45) is 16.7 Å². The van der Waals surface area contributed by atoms with Crippen LogP contribution in [0.25, 0.3) is 0 Å². The molecule has 0 fully saturated rings. The number of benzene rings is 1. The number of carbonyl (C=O) groups is 2. The van der Waals surface area contributed by atoms with Crippen molar-refractivity contribution < 1.29 is 14.3 Å². The van der Waals surface area contributed by atoms with E-state index in [-0.39, 0.29) is 50.2 Å². The molecule has 6 N–H and O–H groups in total. The van der Waals surface area contributed by atoms with E-state index in [9.17, 15) is 9.59 Å². The second-order valence-corrected chi connectivity index (χ2v) is 9.18. The summed E-state index contributed by atoms with van der Waals surface area (Å²) in [5.41, 5.74) is 6.50. The molecule has 3 aromatic rings. The number of nitrogens with zero attached hydrogens (tertiary/aromatic N) is 3. The lowest BCUT2D eigenvalue weighted by Crippen LogP contribution is -2.34. The standard InChI is InChI=1S/C21H20Cl3N7O3S/c1-31(21(25)30-26)8-10-9-35-18(16(10)24)20(33)29-17-13(5-12(23)6-14(17)34-2)19(32)28-15-4-3-11(22)7-27-15/h3-7,9H,8,26H2,1-2H3,(H2,25,30)(H,29,33)(H,27,28,32). The maximum Gasteiger partial charge on any atom is 0.267 e. The molecule has 35 heavy (non-hydrogen) atoms. The van der Waals surface area contributed by atoms with Gasteiger partial charge in [0.05, 0.1) is 28.4 Å². The topological polar surface area (TPSA) is 148 Å². The molecule has 0 radical (unpaired) electrons. The first-order valence-electron chi connectivity index (χ1n) is 9.76. The number of anilines is 2. The van der Waals surface area contributed by atoms with Crippen molar-refractivity contribution in [1.29, 1.82) is 0 Å². The number of amides is 2. The fourth-order valence-corrected chi connectivity index (χ4v) is 4.49. The number of methoxy groups -OCH3 is 1. The van der Waals surface area contributed by atoms with Gasteiger partial charge in [0.25, 0.3) is 11.8 Å². The summed E-state index contributed by atoms with van der Waals surface area (Å²) < 4.78 is 5.36. The largest absolute Gasteiger partial charge is 0.494 e. The molecule has 1 aromatic carbocycles. The second kappa shape index (κ2) is 11.5. The van der Waals surface area contributed by atoms with Gasteiger partial charge in [-0.3, -0.25) is 9.59 Å².